The molecule has 0 saturated heterocycles. The predicted molar refractivity (Wildman–Crippen MR) is 90.8 cm³/mol. The summed E-state index contributed by atoms with van der Waals surface area (Å²) in [4.78, 5) is 23.2. The number of halogens is 1. The number of nitrogens with one attached hydrogen (secondary N) is 2. The fourth-order valence-electron chi connectivity index (χ4n) is 3.89. The van der Waals surface area contributed by atoms with E-state index in [2.05, 4.69) is 10.6 Å². The van der Waals surface area contributed by atoms with E-state index < -0.39 is 23.3 Å². The quantitative estimate of drug-likeness (QED) is 0.635. The first kappa shape index (κ1) is 17.8. The minimum atomic E-state index is -1.13. The molecule has 0 radical (unpaired) electrons. The SMILES string of the molecule is O=C(O)NC12CCC(NC(=O)COc3ccc(Cl)cc3)(CC1)CC2O. The molecule has 3 aliphatic carbocycles. The summed E-state index contributed by atoms with van der Waals surface area (Å²) < 4.78 is 5.44. The van der Waals surface area contributed by atoms with Crippen LogP contribution in [0.15, 0.2) is 24.3 Å². The molecular weight excluding hydrogens is 348 g/mol. The second kappa shape index (κ2) is 6.72. The summed E-state index contributed by atoms with van der Waals surface area (Å²) in [7, 11) is 0. The number of amides is 2. The van der Waals surface area contributed by atoms with E-state index in [1.807, 2.05) is 0 Å². The highest BCUT2D eigenvalue weighted by Crippen LogP contribution is 2.47. The first-order valence-corrected chi connectivity index (χ1v) is 8.59. The number of fused-ring (bicyclic) bond motifs is 3. The summed E-state index contributed by atoms with van der Waals surface area (Å²) >= 11 is 5.80. The Labute approximate surface area is 150 Å². The fraction of sp³-hybridized carbons (Fsp3) is 0.529. The van der Waals surface area contributed by atoms with Gasteiger partial charge in [-0.1, -0.05) is 11.6 Å². The molecule has 1 unspecified atom stereocenters. The van der Waals surface area contributed by atoms with E-state index in [9.17, 15) is 14.7 Å². The van der Waals surface area contributed by atoms with E-state index in [0.717, 1.165) is 0 Å². The number of carboxylic acid groups (broad SMARTS) is 1. The Balaban J connectivity index is 1.55. The Morgan fingerprint density at radius 3 is 2.36 bits per heavy atom. The van der Waals surface area contributed by atoms with E-state index in [0.29, 0.717) is 42.9 Å². The van der Waals surface area contributed by atoms with Gasteiger partial charge in [0.05, 0.1) is 11.6 Å². The van der Waals surface area contributed by atoms with Gasteiger partial charge in [-0.2, -0.15) is 0 Å². The van der Waals surface area contributed by atoms with Crippen LogP contribution >= 0.6 is 11.6 Å². The number of carbonyl (C=O) groups is 2. The molecule has 1 aromatic rings. The number of rotatable bonds is 5. The Bertz CT molecular complexity index is 656. The van der Waals surface area contributed by atoms with Gasteiger partial charge in [0.15, 0.2) is 6.61 Å². The lowest BCUT2D eigenvalue weighted by molar-refractivity contribution is -0.129. The van der Waals surface area contributed by atoms with Crippen LogP contribution in [0.25, 0.3) is 0 Å². The first-order chi connectivity index (χ1) is 11.8. The van der Waals surface area contributed by atoms with Crippen LogP contribution in [0, 0.1) is 0 Å². The Kier molecular flexibility index (Phi) is 4.79. The lowest BCUT2D eigenvalue weighted by Crippen LogP contribution is -2.70. The van der Waals surface area contributed by atoms with Crippen LogP contribution < -0.4 is 15.4 Å². The second-order valence-electron chi connectivity index (χ2n) is 6.88. The number of ether oxygens (including phenoxy) is 1. The molecule has 1 aromatic carbocycles. The number of hydrogen-bond donors (Lipinski definition) is 4. The zero-order valence-corrected chi connectivity index (χ0v) is 14.4. The first-order valence-electron chi connectivity index (χ1n) is 8.21. The molecule has 25 heavy (non-hydrogen) atoms. The van der Waals surface area contributed by atoms with Crippen molar-refractivity contribution in [2.24, 2.45) is 0 Å². The zero-order chi connectivity index (χ0) is 18.1. The molecule has 3 fully saturated rings. The van der Waals surface area contributed by atoms with Crippen LogP contribution in [0.5, 0.6) is 5.75 Å². The summed E-state index contributed by atoms with van der Waals surface area (Å²) in [5, 5.41) is 25.4. The average Bonchev–Trinajstić information content (AvgIpc) is 2.55. The minimum Gasteiger partial charge on any atom is -0.484 e. The van der Waals surface area contributed by atoms with Crippen molar-refractivity contribution in [2.75, 3.05) is 6.61 Å². The van der Waals surface area contributed by atoms with Gasteiger partial charge < -0.3 is 25.6 Å². The minimum absolute atomic E-state index is 0.127. The molecule has 7 nitrogen and oxygen atoms in total. The molecule has 8 heteroatoms. The van der Waals surface area contributed by atoms with E-state index >= 15 is 0 Å². The molecule has 0 heterocycles. The van der Waals surface area contributed by atoms with Crippen LogP contribution in [-0.4, -0.2) is 46.0 Å². The van der Waals surface area contributed by atoms with Gasteiger partial charge in [0.2, 0.25) is 0 Å². The van der Waals surface area contributed by atoms with Crippen molar-refractivity contribution in [3.8, 4) is 5.75 Å². The molecule has 3 saturated carbocycles. The molecule has 136 valence electrons. The summed E-state index contributed by atoms with van der Waals surface area (Å²) in [6, 6.07) is 6.73. The summed E-state index contributed by atoms with van der Waals surface area (Å²) in [5.74, 6) is 0.289. The van der Waals surface area contributed by atoms with Gasteiger partial charge >= 0.3 is 6.09 Å². The van der Waals surface area contributed by atoms with Gasteiger partial charge in [0.1, 0.15) is 5.75 Å². The molecule has 2 amide bonds. The third-order valence-corrected chi connectivity index (χ3v) is 5.52. The van der Waals surface area contributed by atoms with Crippen LogP contribution in [-0.2, 0) is 4.79 Å². The molecular formula is C17H21ClN2O5. The molecule has 4 N–H and O–H groups in total. The van der Waals surface area contributed by atoms with Crippen molar-refractivity contribution in [1.29, 1.82) is 0 Å². The molecule has 0 aliphatic heterocycles. The smallest absolute Gasteiger partial charge is 0.405 e. The van der Waals surface area contributed by atoms with Crippen LogP contribution in [0.2, 0.25) is 5.02 Å². The van der Waals surface area contributed by atoms with Gasteiger partial charge in [-0.3, -0.25) is 4.79 Å². The Morgan fingerprint density at radius 1 is 1.16 bits per heavy atom. The van der Waals surface area contributed by atoms with Crippen molar-refractivity contribution >= 4 is 23.6 Å². The van der Waals surface area contributed by atoms with E-state index in [-0.39, 0.29) is 12.5 Å². The molecule has 3 aliphatic rings. The number of aliphatic hydroxyl groups excluding tert-OH is 1. The third kappa shape index (κ3) is 3.82. The van der Waals surface area contributed by atoms with Crippen molar-refractivity contribution in [2.45, 2.75) is 49.3 Å². The molecule has 2 bridgehead atoms. The number of aliphatic hydroxyl groups is 1. The number of carbonyl (C=O) groups excluding carboxylic acids is 1. The van der Waals surface area contributed by atoms with Gasteiger partial charge in [-0.25, -0.2) is 4.79 Å². The number of benzene rings is 1. The largest absolute Gasteiger partial charge is 0.484 e. The topological polar surface area (TPSA) is 108 Å². The van der Waals surface area contributed by atoms with Crippen molar-refractivity contribution in [3.63, 3.8) is 0 Å². The van der Waals surface area contributed by atoms with Crippen LogP contribution in [0.1, 0.15) is 32.1 Å². The molecule has 4 rings (SSSR count). The Morgan fingerprint density at radius 2 is 1.80 bits per heavy atom. The van der Waals surface area contributed by atoms with E-state index in [1.54, 1.807) is 24.3 Å². The third-order valence-electron chi connectivity index (χ3n) is 5.27. The predicted octanol–water partition coefficient (Wildman–Crippen LogP) is 1.92. The lowest BCUT2D eigenvalue weighted by Gasteiger charge is -2.55. The summed E-state index contributed by atoms with van der Waals surface area (Å²) in [6.07, 6.45) is 0.628. The van der Waals surface area contributed by atoms with Crippen LogP contribution in [0.4, 0.5) is 4.79 Å². The van der Waals surface area contributed by atoms with Crippen LogP contribution in [0.3, 0.4) is 0 Å². The zero-order valence-electron chi connectivity index (χ0n) is 13.6. The molecule has 0 aromatic heterocycles. The van der Waals surface area contributed by atoms with E-state index in [1.165, 1.54) is 0 Å². The maximum atomic E-state index is 12.2. The average molecular weight is 369 g/mol. The summed E-state index contributed by atoms with van der Waals surface area (Å²) in [5.41, 5.74) is -1.29. The summed E-state index contributed by atoms with van der Waals surface area (Å²) in [6.45, 7) is -0.127. The highest BCUT2D eigenvalue weighted by molar-refractivity contribution is 6.30. The molecule has 0 spiro atoms. The standard InChI is InChI=1S/C17H21ClN2O5/c18-11-1-3-12(4-2-11)25-10-14(22)19-16-5-7-17(8-6-16,13(21)9-16)20-15(23)24/h1-4,13,20-21H,5-10H2,(H,19,22)(H,23,24). The van der Waals surface area contributed by atoms with Gasteiger partial charge in [-0.15, -0.1) is 0 Å². The Hall–Kier alpha value is -1.99. The normalized spacial score (nSPS) is 30.6. The van der Waals surface area contributed by atoms with Gasteiger partial charge in [0.25, 0.3) is 5.91 Å². The highest BCUT2D eigenvalue weighted by atomic mass is 35.5. The number of hydrogen-bond acceptors (Lipinski definition) is 4. The molecule has 1 atom stereocenters. The van der Waals surface area contributed by atoms with Crippen molar-refractivity contribution in [1.82, 2.24) is 10.6 Å². The maximum Gasteiger partial charge on any atom is 0.405 e. The lowest BCUT2D eigenvalue weighted by atomic mass is 9.60. The second-order valence-corrected chi connectivity index (χ2v) is 7.31. The monoisotopic (exact) mass is 368 g/mol. The maximum absolute atomic E-state index is 12.2. The highest BCUT2D eigenvalue weighted by Gasteiger charge is 2.55. The van der Waals surface area contributed by atoms with Crippen molar-refractivity contribution < 1.29 is 24.5 Å². The fourth-order valence-corrected chi connectivity index (χ4v) is 4.01. The van der Waals surface area contributed by atoms with Crippen molar-refractivity contribution in [3.05, 3.63) is 29.3 Å². The van der Waals surface area contributed by atoms with Gasteiger partial charge in [-0.05, 0) is 56.4 Å². The van der Waals surface area contributed by atoms with Gasteiger partial charge in [0, 0.05) is 10.6 Å². The van der Waals surface area contributed by atoms with E-state index in [4.69, 9.17) is 21.4 Å².